The smallest absolute Gasteiger partial charge is 0.123 e. The Hall–Kier alpha value is -1.60. The fraction of sp³-hybridized carbons (Fsp3) is 0.533. The molecule has 2 rings (SSSR count). The molecule has 1 aromatic carbocycles. The lowest BCUT2D eigenvalue weighted by Gasteiger charge is -2.35. The summed E-state index contributed by atoms with van der Waals surface area (Å²) in [5, 5.41) is 12.4. The second-order valence-corrected chi connectivity index (χ2v) is 5.19. The molecule has 0 spiro atoms. The van der Waals surface area contributed by atoms with Crippen molar-refractivity contribution in [3.05, 3.63) is 29.6 Å². The Balaban J connectivity index is 2.09. The van der Waals surface area contributed by atoms with Crippen LogP contribution in [0.4, 0.5) is 4.39 Å². The van der Waals surface area contributed by atoms with E-state index in [0.29, 0.717) is 12.2 Å². The van der Waals surface area contributed by atoms with Crippen LogP contribution in [-0.4, -0.2) is 18.7 Å². The van der Waals surface area contributed by atoms with E-state index >= 15 is 0 Å². The maximum absolute atomic E-state index is 13.0. The summed E-state index contributed by atoms with van der Waals surface area (Å²) in [7, 11) is 1.81. The summed E-state index contributed by atoms with van der Waals surface area (Å²) < 4.78 is 19.0. The summed E-state index contributed by atoms with van der Waals surface area (Å²) in [4.78, 5) is 0. The fourth-order valence-electron chi connectivity index (χ4n) is 2.63. The van der Waals surface area contributed by atoms with E-state index in [0.717, 1.165) is 24.8 Å². The van der Waals surface area contributed by atoms with Gasteiger partial charge < -0.3 is 10.1 Å². The number of hydrogen-bond donors (Lipinski definition) is 1. The first-order chi connectivity index (χ1) is 9.08. The summed E-state index contributed by atoms with van der Waals surface area (Å²) in [5.74, 6) is 0.450. The first kappa shape index (κ1) is 13.8. The highest BCUT2D eigenvalue weighted by Gasteiger charge is 2.36. The van der Waals surface area contributed by atoms with E-state index in [2.05, 4.69) is 11.4 Å². The highest BCUT2D eigenvalue weighted by atomic mass is 19.1. The molecule has 0 saturated heterocycles. The van der Waals surface area contributed by atoms with Gasteiger partial charge in [-0.2, -0.15) is 5.26 Å². The predicted octanol–water partition coefficient (Wildman–Crippen LogP) is 2.94. The Kier molecular flexibility index (Phi) is 4.06. The number of benzene rings is 1. The van der Waals surface area contributed by atoms with Crippen LogP contribution in [0.3, 0.4) is 0 Å². The standard InChI is InChI=1S/C15H19FN2O/c1-11-8-12(16)5-6-14(11)19-13-4-3-7-15(9-13,10-17)18-2/h5-6,8,13,18H,3-4,7,9H2,1-2H3. The minimum absolute atomic E-state index is 0.00464. The molecule has 19 heavy (non-hydrogen) atoms. The number of nitriles is 1. The van der Waals surface area contributed by atoms with Crippen molar-refractivity contribution in [3.63, 3.8) is 0 Å². The van der Waals surface area contributed by atoms with E-state index in [9.17, 15) is 9.65 Å². The Morgan fingerprint density at radius 1 is 1.53 bits per heavy atom. The molecule has 0 aromatic heterocycles. The highest BCUT2D eigenvalue weighted by molar-refractivity contribution is 5.33. The Morgan fingerprint density at radius 3 is 2.95 bits per heavy atom. The predicted molar refractivity (Wildman–Crippen MR) is 71.4 cm³/mol. The molecule has 1 saturated carbocycles. The zero-order valence-electron chi connectivity index (χ0n) is 11.4. The molecule has 4 heteroatoms. The molecule has 2 unspecified atom stereocenters. The van der Waals surface area contributed by atoms with Gasteiger partial charge in [-0.25, -0.2) is 4.39 Å². The molecule has 1 aliphatic rings. The largest absolute Gasteiger partial charge is 0.490 e. The zero-order chi connectivity index (χ0) is 13.9. The van der Waals surface area contributed by atoms with E-state index in [1.54, 1.807) is 6.07 Å². The van der Waals surface area contributed by atoms with Gasteiger partial charge in [-0.1, -0.05) is 0 Å². The van der Waals surface area contributed by atoms with Crippen LogP contribution in [0, 0.1) is 24.1 Å². The minimum Gasteiger partial charge on any atom is -0.490 e. The molecule has 0 aliphatic heterocycles. The number of hydrogen-bond acceptors (Lipinski definition) is 3. The van der Waals surface area contributed by atoms with E-state index in [1.165, 1.54) is 12.1 Å². The summed E-state index contributed by atoms with van der Waals surface area (Å²) >= 11 is 0. The second-order valence-electron chi connectivity index (χ2n) is 5.19. The van der Waals surface area contributed by atoms with E-state index < -0.39 is 5.54 Å². The molecule has 0 heterocycles. The number of rotatable bonds is 3. The third-order valence-electron chi connectivity index (χ3n) is 3.83. The van der Waals surface area contributed by atoms with Crippen molar-refractivity contribution in [1.82, 2.24) is 5.32 Å². The minimum atomic E-state index is -0.489. The number of aryl methyl sites for hydroxylation is 1. The first-order valence-electron chi connectivity index (χ1n) is 6.61. The van der Waals surface area contributed by atoms with Crippen LogP contribution in [0.2, 0.25) is 0 Å². The van der Waals surface area contributed by atoms with Gasteiger partial charge >= 0.3 is 0 Å². The molecule has 0 bridgehead atoms. The molecule has 2 atom stereocenters. The molecule has 102 valence electrons. The van der Waals surface area contributed by atoms with E-state index in [1.807, 2.05) is 14.0 Å². The lowest BCUT2D eigenvalue weighted by molar-refractivity contribution is 0.115. The van der Waals surface area contributed by atoms with Gasteiger partial charge in [-0.15, -0.1) is 0 Å². The Labute approximate surface area is 113 Å². The van der Waals surface area contributed by atoms with Gasteiger partial charge in [-0.05, 0) is 57.0 Å². The molecule has 1 N–H and O–H groups in total. The van der Waals surface area contributed by atoms with Crippen LogP contribution in [0.25, 0.3) is 0 Å². The normalized spacial score (nSPS) is 26.7. The summed E-state index contributed by atoms with van der Waals surface area (Å²) in [6, 6.07) is 6.88. The van der Waals surface area contributed by atoms with Crippen LogP contribution in [-0.2, 0) is 0 Å². The highest BCUT2D eigenvalue weighted by Crippen LogP contribution is 2.31. The van der Waals surface area contributed by atoms with Gasteiger partial charge in [0.2, 0.25) is 0 Å². The van der Waals surface area contributed by atoms with Crippen LogP contribution in [0.1, 0.15) is 31.2 Å². The number of nitrogens with zero attached hydrogens (tertiary/aromatic N) is 1. The van der Waals surface area contributed by atoms with Gasteiger partial charge in [0.25, 0.3) is 0 Å². The van der Waals surface area contributed by atoms with Gasteiger partial charge in [0.15, 0.2) is 0 Å². The molecule has 3 nitrogen and oxygen atoms in total. The van der Waals surface area contributed by atoms with Crippen molar-refractivity contribution in [1.29, 1.82) is 5.26 Å². The van der Waals surface area contributed by atoms with Gasteiger partial charge in [0, 0.05) is 6.42 Å². The number of ether oxygens (including phenoxy) is 1. The molecular formula is C15H19FN2O. The molecular weight excluding hydrogens is 243 g/mol. The SMILES string of the molecule is CNC1(C#N)CCCC(Oc2ccc(F)cc2C)C1. The first-order valence-corrected chi connectivity index (χ1v) is 6.61. The summed E-state index contributed by atoms with van der Waals surface area (Å²) in [6.07, 6.45) is 3.41. The summed E-state index contributed by atoms with van der Waals surface area (Å²) in [6.45, 7) is 1.83. The second kappa shape index (κ2) is 5.58. The molecule has 1 aliphatic carbocycles. The molecule has 1 fully saturated rings. The molecule has 0 amide bonds. The van der Waals surface area contributed by atoms with E-state index in [4.69, 9.17) is 4.74 Å². The van der Waals surface area contributed by atoms with Crippen LogP contribution >= 0.6 is 0 Å². The van der Waals surface area contributed by atoms with Crippen LogP contribution in [0.15, 0.2) is 18.2 Å². The van der Waals surface area contributed by atoms with Crippen molar-refractivity contribution in [2.75, 3.05) is 7.05 Å². The average Bonchev–Trinajstić information content (AvgIpc) is 2.42. The lowest BCUT2D eigenvalue weighted by atomic mass is 9.81. The van der Waals surface area contributed by atoms with Crippen LogP contribution in [0.5, 0.6) is 5.75 Å². The van der Waals surface area contributed by atoms with Crippen molar-refractivity contribution in [3.8, 4) is 11.8 Å². The monoisotopic (exact) mass is 262 g/mol. The third-order valence-corrected chi connectivity index (χ3v) is 3.83. The van der Waals surface area contributed by atoms with Gasteiger partial charge in [-0.3, -0.25) is 0 Å². The quantitative estimate of drug-likeness (QED) is 0.911. The van der Waals surface area contributed by atoms with Gasteiger partial charge in [0.1, 0.15) is 23.2 Å². The Morgan fingerprint density at radius 2 is 2.32 bits per heavy atom. The topological polar surface area (TPSA) is 45.0 Å². The maximum Gasteiger partial charge on any atom is 0.123 e. The van der Waals surface area contributed by atoms with Crippen molar-refractivity contribution in [2.24, 2.45) is 0 Å². The van der Waals surface area contributed by atoms with Crippen molar-refractivity contribution < 1.29 is 9.13 Å². The van der Waals surface area contributed by atoms with E-state index in [-0.39, 0.29) is 11.9 Å². The fourth-order valence-corrected chi connectivity index (χ4v) is 2.63. The molecule has 1 aromatic rings. The molecule has 0 radical (unpaired) electrons. The number of halogens is 1. The Bertz CT molecular complexity index is 497. The van der Waals surface area contributed by atoms with Crippen LogP contribution < -0.4 is 10.1 Å². The van der Waals surface area contributed by atoms with Gasteiger partial charge in [0.05, 0.1) is 6.07 Å². The summed E-state index contributed by atoms with van der Waals surface area (Å²) in [5.41, 5.74) is 0.300. The zero-order valence-corrected chi connectivity index (χ0v) is 11.4. The lowest BCUT2D eigenvalue weighted by Crippen LogP contribution is -2.48. The van der Waals surface area contributed by atoms with Crippen molar-refractivity contribution in [2.45, 2.75) is 44.2 Å². The maximum atomic E-state index is 13.0. The average molecular weight is 262 g/mol. The number of nitrogens with one attached hydrogen (secondary N) is 1. The van der Waals surface area contributed by atoms with Crippen molar-refractivity contribution >= 4 is 0 Å². The third kappa shape index (κ3) is 3.05.